The molecule has 1 aromatic rings. The van der Waals surface area contributed by atoms with Crippen molar-refractivity contribution in [3.8, 4) is 0 Å². The van der Waals surface area contributed by atoms with Crippen LogP contribution in [0.15, 0.2) is 6.07 Å². The molecule has 2 rings (SSSR count). The Labute approximate surface area is 141 Å². The van der Waals surface area contributed by atoms with E-state index in [9.17, 15) is 23.5 Å². The number of thiocarbonyl (C=S) groups is 1. The maximum absolute atomic E-state index is 12.6. The average molecular weight is 360 g/mol. The fourth-order valence-electron chi connectivity index (χ4n) is 2.54. The van der Waals surface area contributed by atoms with Gasteiger partial charge in [0.05, 0.1) is 16.4 Å². The number of anilines is 1. The fourth-order valence-corrected chi connectivity index (χ4v) is 2.83. The highest BCUT2D eigenvalue weighted by molar-refractivity contribution is 7.80. The number of hydrogen-bond donors (Lipinski definition) is 2. The van der Waals surface area contributed by atoms with Crippen LogP contribution in [0.4, 0.5) is 19.4 Å². The van der Waals surface area contributed by atoms with Crippen LogP contribution < -0.4 is 16.2 Å². The van der Waals surface area contributed by atoms with Crippen LogP contribution in [0, 0.1) is 5.41 Å². The number of urea groups is 1. The fraction of sp³-hybridized carbons (Fsp3) is 0.538. The lowest BCUT2D eigenvalue weighted by atomic mass is 9.78. The van der Waals surface area contributed by atoms with Gasteiger partial charge in [-0.25, -0.2) is 13.6 Å². The number of rotatable bonds is 4. The van der Waals surface area contributed by atoms with Gasteiger partial charge < -0.3 is 20.5 Å². The SMILES string of the molecule is Cn1nc(C(F)F)cc1NC(=O)N1CCC(C(=O)[O-])(C(N)=S)CC1. The molecular formula is C13H16F2N5O3S-. The molecule has 2 heterocycles. The molecular weight excluding hydrogens is 344 g/mol. The molecule has 1 aliphatic rings. The zero-order chi connectivity index (χ0) is 18.1. The zero-order valence-corrected chi connectivity index (χ0v) is 13.6. The third kappa shape index (κ3) is 3.30. The van der Waals surface area contributed by atoms with Crippen molar-refractivity contribution >= 4 is 35.0 Å². The predicted octanol–water partition coefficient (Wildman–Crippen LogP) is 0.00780. The molecule has 0 saturated carbocycles. The number of hydrogen-bond acceptors (Lipinski definition) is 5. The van der Waals surface area contributed by atoms with Crippen molar-refractivity contribution in [3.63, 3.8) is 0 Å². The second-order valence-electron chi connectivity index (χ2n) is 5.53. The van der Waals surface area contributed by atoms with Gasteiger partial charge in [-0.15, -0.1) is 0 Å². The number of carboxylic acid groups (broad SMARTS) is 1. The first-order valence-electron chi connectivity index (χ1n) is 7.07. The Hall–Kier alpha value is -2.30. The third-order valence-electron chi connectivity index (χ3n) is 4.12. The summed E-state index contributed by atoms with van der Waals surface area (Å²) in [5.41, 5.74) is 3.63. The average Bonchev–Trinajstić information content (AvgIpc) is 2.88. The number of aliphatic carboxylic acids is 1. The molecule has 0 atom stereocenters. The number of amides is 2. The van der Waals surface area contributed by atoms with Crippen LogP contribution in [-0.4, -0.2) is 44.8 Å². The van der Waals surface area contributed by atoms with Crippen LogP contribution in [0.2, 0.25) is 0 Å². The highest BCUT2D eigenvalue weighted by Crippen LogP contribution is 2.32. The third-order valence-corrected chi connectivity index (χ3v) is 4.51. The second-order valence-corrected chi connectivity index (χ2v) is 5.97. The topological polar surface area (TPSA) is 116 Å². The van der Waals surface area contributed by atoms with Crippen LogP contribution in [0.1, 0.15) is 25.0 Å². The van der Waals surface area contributed by atoms with E-state index >= 15 is 0 Å². The van der Waals surface area contributed by atoms with E-state index in [1.807, 2.05) is 0 Å². The lowest BCUT2D eigenvalue weighted by molar-refractivity contribution is -0.316. The summed E-state index contributed by atoms with van der Waals surface area (Å²) in [4.78, 5) is 24.7. The molecule has 0 aromatic carbocycles. The number of carbonyl (C=O) groups excluding carboxylic acids is 2. The van der Waals surface area contributed by atoms with E-state index < -0.39 is 29.5 Å². The summed E-state index contributed by atoms with van der Waals surface area (Å²) in [5, 5.41) is 17.4. The van der Waals surface area contributed by atoms with E-state index in [0.29, 0.717) is 0 Å². The maximum atomic E-state index is 12.6. The number of halogens is 2. The molecule has 0 spiro atoms. The van der Waals surface area contributed by atoms with Crippen molar-refractivity contribution in [2.24, 2.45) is 18.2 Å². The molecule has 8 nitrogen and oxygen atoms in total. The van der Waals surface area contributed by atoms with Crippen LogP contribution >= 0.6 is 12.2 Å². The summed E-state index contributed by atoms with van der Waals surface area (Å²) in [5.74, 6) is -1.25. The molecule has 0 radical (unpaired) electrons. The van der Waals surface area contributed by atoms with Gasteiger partial charge in [0.1, 0.15) is 11.5 Å². The molecule has 2 amide bonds. The van der Waals surface area contributed by atoms with E-state index in [4.69, 9.17) is 18.0 Å². The molecule has 0 aliphatic carbocycles. The summed E-state index contributed by atoms with van der Waals surface area (Å²) in [6, 6.07) is 0.529. The lowest BCUT2D eigenvalue weighted by Crippen LogP contribution is -2.57. The molecule has 0 unspecified atom stereocenters. The number of alkyl halides is 2. The quantitative estimate of drug-likeness (QED) is 0.731. The summed E-state index contributed by atoms with van der Waals surface area (Å²) >= 11 is 4.81. The minimum atomic E-state index is -2.74. The molecule has 1 fully saturated rings. The molecule has 1 aliphatic heterocycles. The number of aromatic nitrogens is 2. The van der Waals surface area contributed by atoms with E-state index in [2.05, 4.69) is 10.4 Å². The minimum Gasteiger partial charge on any atom is -0.549 e. The first kappa shape index (κ1) is 18.0. The van der Waals surface area contributed by atoms with E-state index in [1.165, 1.54) is 11.9 Å². The van der Waals surface area contributed by atoms with Gasteiger partial charge in [0.25, 0.3) is 6.43 Å². The minimum absolute atomic E-state index is 0.0335. The van der Waals surface area contributed by atoms with Crippen molar-refractivity contribution in [2.75, 3.05) is 18.4 Å². The van der Waals surface area contributed by atoms with Gasteiger partial charge in [0.15, 0.2) is 0 Å². The maximum Gasteiger partial charge on any atom is 0.323 e. The number of nitrogens with one attached hydrogen (secondary N) is 1. The van der Waals surface area contributed by atoms with Crippen LogP contribution in [-0.2, 0) is 11.8 Å². The lowest BCUT2D eigenvalue weighted by Gasteiger charge is -2.41. The van der Waals surface area contributed by atoms with Gasteiger partial charge in [-0.1, -0.05) is 12.2 Å². The van der Waals surface area contributed by atoms with Gasteiger partial charge >= 0.3 is 6.03 Å². The molecule has 1 aromatic heterocycles. The Bertz CT molecular complexity index is 655. The number of carbonyl (C=O) groups is 2. The van der Waals surface area contributed by atoms with Gasteiger partial charge in [-0.3, -0.25) is 10.00 Å². The van der Waals surface area contributed by atoms with E-state index in [-0.39, 0.29) is 36.7 Å². The Kier molecular flexibility index (Phi) is 5.02. The molecule has 132 valence electrons. The van der Waals surface area contributed by atoms with Gasteiger partial charge in [-0.05, 0) is 12.8 Å². The number of piperidine rings is 1. The standard InChI is InChI=1S/C13H17F2N5O3S/c1-19-8(6-7(18-19)9(14)15)17-12(23)20-4-2-13(3-5-20,10(16)24)11(21)22/h6,9H,2-5H2,1H3,(H2,16,24)(H,17,23)(H,21,22)/p-1. The van der Waals surface area contributed by atoms with Crippen molar-refractivity contribution in [2.45, 2.75) is 19.3 Å². The Balaban J connectivity index is 2.03. The summed E-state index contributed by atoms with van der Waals surface area (Å²) in [6.07, 6.45) is -2.68. The van der Waals surface area contributed by atoms with E-state index in [1.54, 1.807) is 0 Å². The highest BCUT2D eigenvalue weighted by Gasteiger charge is 2.40. The second kappa shape index (κ2) is 6.67. The largest absolute Gasteiger partial charge is 0.549 e. The van der Waals surface area contributed by atoms with Crippen molar-refractivity contribution < 1.29 is 23.5 Å². The normalized spacial score (nSPS) is 16.9. The van der Waals surface area contributed by atoms with Crippen LogP contribution in [0.5, 0.6) is 0 Å². The molecule has 1 saturated heterocycles. The highest BCUT2D eigenvalue weighted by atomic mass is 32.1. The van der Waals surface area contributed by atoms with Gasteiger partial charge in [-0.2, -0.15) is 5.10 Å². The smallest absolute Gasteiger partial charge is 0.323 e. The van der Waals surface area contributed by atoms with Gasteiger partial charge in [0, 0.05) is 26.2 Å². The Morgan fingerprint density at radius 2 is 2.04 bits per heavy atom. The number of nitrogens with zero attached hydrogens (tertiary/aromatic N) is 3. The molecule has 11 heteroatoms. The number of likely N-dealkylation sites (tertiary alicyclic amines) is 1. The van der Waals surface area contributed by atoms with Crippen LogP contribution in [0.3, 0.4) is 0 Å². The monoisotopic (exact) mass is 360 g/mol. The summed E-state index contributed by atoms with van der Waals surface area (Å²) in [6.45, 7) is 0.188. The first-order chi connectivity index (χ1) is 11.2. The number of carboxylic acids is 1. The van der Waals surface area contributed by atoms with Crippen LogP contribution in [0.25, 0.3) is 0 Å². The number of aryl methyl sites for hydroxylation is 1. The first-order valence-corrected chi connectivity index (χ1v) is 7.47. The predicted molar refractivity (Wildman–Crippen MR) is 82.2 cm³/mol. The van der Waals surface area contributed by atoms with Crippen molar-refractivity contribution in [1.82, 2.24) is 14.7 Å². The molecule has 24 heavy (non-hydrogen) atoms. The number of nitrogens with two attached hydrogens (primary N) is 1. The molecule has 0 bridgehead atoms. The molecule has 3 N–H and O–H groups in total. The Morgan fingerprint density at radius 3 is 2.46 bits per heavy atom. The van der Waals surface area contributed by atoms with Gasteiger partial charge in [0.2, 0.25) is 0 Å². The van der Waals surface area contributed by atoms with Crippen molar-refractivity contribution in [1.29, 1.82) is 0 Å². The van der Waals surface area contributed by atoms with E-state index in [0.717, 1.165) is 10.7 Å². The summed E-state index contributed by atoms with van der Waals surface area (Å²) < 4.78 is 26.3. The Morgan fingerprint density at radius 1 is 1.46 bits per heavy atom. The van der Waals surface area contributed by atoms with Crippen molar-refractivity contribution in [3.05, 3.63) is 11.8 Å². The summed E-state index contributed by atoms with van der Waals surface area (Å²) in [7, 11) is 1.42. The zero-order valence-electron chi connectivity index (χ0n) is 12.8.